The zero-order chi connectivity index (χ0) is 19.3. The van der Waals surface area contributed by atoms with E-state index in [-0.39, 0.29) is 30.5 Å². The Bertz CT molecular complexity index is 948. The smallest absolute Gasteiger partial charge is 0.286 e. The van der Waals surface area contributed by atoms with Crippen molar-refractivity contribution in [2.75, 3.05) is 23.3 Å². The Labute approximate surface area is 167 Å². The summed E-state index contributed by atoms with van der Waals surface area (Å²) < 4.78 is 5.01. The van der Waals surface area contributed by atoms with Crippen LogP contribution in [0.25, 0.3) is 0 Å². The van der Waals surface area contributed by atoms with E-state index in [2.05, 4.69) is 27.0 Å². The Balaban J connectivity index is 1.25. The first kappa shape index (κ1) is 18.3. The minimum absolute atomic E-state index is 0.145. The average molecular weight is 395 g/mol. The van der Waals surface area contributed by atoms with Gasteiger partial charge in [0.05, 0.1) is 6.26 Å². The van der Waals surface area contributed by atoms with Crippen LogP contribution in [0.4, 0.5) is 11.4 Å². The van der Waals surface area contributed by atoms with Gasteiger partial charge in [-0.05, 0) is 59.8 Å². The maximum absolute atomic E-state index is 12.1. The molecule has 0 unspecified atom stereocenters. The van der Waals surface area contributed by atoms with Crippen molar-refractivity contribution in [3.8, 4) is 0 Å². The van der Waals surface area contributed by atoms with Crippen LogP contribution in [0.3, 0.4) is 0 Å². The normalized spacial score (nSPS) is 13.1. The molecule has 0 atom stereocenters. The molecule has 0 spiro atoms. The third-order valence-corrected chi connectivity index (χ3v) is 5.73. The fourth-order valence-corrected chi connectivity index (χ4v) is 4.12. The average Bonchev–Trinajstić information content (AvgIpc) is 3.40. The van der Waals surface area contributed by atoms with Crippen LogP contribution in [0.5, 0.6) is 0 Å². The highest BCUT2D eigenvalue weighted by atomic mass is 32.1. The van der Waals surface area contributed by atoms with Gasteiger partial charge in [-0.15, -0.1) is 11.3 Å². The number of amides is 2. The van der Waals surface area contributed by atoms with Crippen molar-refractivity contribution >= 4 is 34.5 Å². The molecule has 0 saturated heterocycles. The monoisotopic (exact) mass is 395 g/mol. The van der Waals surface area contributed by atoms with Crippen molar-refractivity contribution < 1.29 is 14.0 Å². The molecule has 7 heteroatoms. The topological polar surface area (TPSA) is 74.6 Å². The van der Waals surface area contributed by atoms with Gasteiger partial charge in [0.2, 0.25) is 5.91 Å². The summed E-state index contributed by atoms with van der Waals surface area (Å²) in [5.41, 5.74) is 3.31. The summed E-state index contributed by atoms with van der Waals surface area (Å²) in [5, 5.41) is 7.68. The lowest BCUT2D eigenvalue weighted by molar-refractivity contribution is -0.116. The molecule has 0 aliphatic carbocycles. The molecule has 28 heavy (non-hydrogen) atoms. The number of fused-ring (bicyclic) bond motifs is 1. The van der Waals surface area contributed by atoms with Crippen LogP contribution in [-0.2, 0) is 17.8 Å². The number of carbonyl (C=O) groups excluding carboxylic acids is 2. The van der Waals surface area contributed by atoms with E-state index in [1.165, 1.54) is 16.7 Å². The van der Waals surface area contributed by atoms with Crippen LogP contribution < -0.4 is 15.5 Å². The van der Waals surface area contributed by atoms with E-state index in [9.17, 15) is 9.59 Å². The number of furan rings is 1. The maximum atomic E-state index is 12.1. The van der Waals surface area contributed by atoms with E-state index in [0.29, 0.717) is 0 Å². The quantitative estimate of drug-likeness (QED) is 0.668. The molecule has 4 rings (SSSR count). The molecule has 3 aromatic rings. The first-order chi connectivity index (χ1) is 13.7. The van der Waals surface area contributed by atoms with Gasteiger partial charge in [0.25, 0.3) is 5.91 Å². The number of nitrogens with zero attached hydrogens (tertiary/aromatic N) is 1. The molecule has 2 amide bonds. The number of benzene rings is 1. The third kappa shape index (κ3) is 4.26. The fourth-order valence-electron chi connectivity index (χ4n) is 3.23. The number of thiophene rings is 1. The van der Waals surface area contributed by atoms with Gasteiger partial charge < -0.3 is 20.0 Å². The standard InChI is InChI=1S/C21H21N3O3S/c25-20(7-10-22-21(26)18-2-1-12-27-18)23-16-3-5-17(6-4-16)24-11-8-19-15(14-24)9-13-28-19/h1-6,9,12-13H,7-8,10-11,14H2,(H,22,26)(H,23,25). The minimum Gasteiger partial charge on any atom is -0.459 e. The van der Waals surface area contributed by atoms with E-state index >= 15 is 0 Å². The van der Waals surface area contributed by atoms with Crippen LogP contribution in [0, 0.1) is 0 Å². The molecular formula is C21H21N3O3S. The first-order valence-corrected chi connectivity index (χ1v) is 10.1. The van der Waals surface area contributed by atoms with Crippen molar-refractivity contribution in [3.63, 3.8) is 0 Å². The molecule has 0 radical (unpaired) electrons. The highest BCUT2D eigenvalue weighted by Crippen LogP contribution is 2.28. The van der Waals surface area contributed by atoms with Crippen molar-refractivity contribution in [3.05, 3.63) is 70.3 Å². The summed E-state index contributed by atoms with van der Waals surface area (Å²) in [5.74, 6) is -0.228. The third-order valence-electron chi connectivity index (χ3n) is 4.71. The molecule has 144 valence electrons. The lowest BCUT2D eigenvalue weighted by Crippen LogP contribution is -2.29. The zero-order valence-corrected chi connectivity index (χ0v) is 16.1. The number of carbonyl (C=O) groups is 2. The highest BCUT2D eigenvalue weighted by molar-refractivity contribution is 7.10. The summed E-state index contributed by atoms with van der Waals surface area (Å²) in [6, 6.07) is 13.3. The summed E-state index contributed by atoms with van der Waals surface area (Å²) >= 11 is 1.83. The summed E-state index contributed by atoms with van der Waals surface area (Å²) in [7, 11) is 0. The summed E-state index contributed by atoms with van der Waals surface area (Å²) in [6.45, 7) is 2.19. The van der Waals surface area contributed by atoms with Gasteiger partial charge in [0, 0.05) is 42.3 Å². The summed E-state index contributed by atoms with van der Waals surface area (Å²) in [6.07, 6.45) is 2.71. The van der Waals surface area contributed by atoms with Gasteiger partial charge >= 0.3 is 0 Å². The number of anilines is 2. The van der Waals surface area contributed by atoms with Crippen molar-refractivity contribution in [2.24, 2.45) is 0 Å². The summed E-state index contributed by atoms with van der Waals surface area (Å²) in [4.78, 5) is 27.7. The molecule has 0 fully saturated rings. The highest BCUT2D eigenvalue weighted by Gasteiger charge is 2.17. The molecule has 1 aromatic carbocycles. The van der Waals surface area contributed by atoms with Gasteiger partial charge in [0.15, 0.2) is 5.76 Å². The predicted octanol–water partition coefficient (Wildman–Crippen LogP) is 3.66. The van der Waals surface area contributed by atoms with E-state index in [1.54, 1.807) is 12.1 Å². The second kappa shape index (κ2) is 8.31. The van der Waals surface area contributed by atoms with Crippen LogP contribution >= 0.6 is 11.3 Å². The van der Waals surface area contributed by atoms with Crippen molar-refractivity contribution in [1.82, 2.24) is 5.32 Å². The number of hydrogen-bond acceptors (Lipinski definition) is 5. The molecule has 0 bridgehead atoms. The molecule has 3 heterocycles. The van der Waals surface area contributed by atoms with Crippen molar-refractivity contribution in [2.45, 2.75) is 19.4 Å². The second-order valence-electron chi connectivity index (χ2n) is 6.62. The largest absolute Gasteiger partial charge is 0.459 e. The number of nitrogens with one attached hydrogen (secondary N) is 2. The molecule has 2 aromatic heterocycles. The van der Waals surface area contributed by atoms with Crippen LogP contribution in [0.15, 0.2) is 58.5 Å². The molecule has 6 nitrogen and oxygen atoms in total. The van der Waals surface area contributed by atoms with E-state index < -0.39 is 0 Å². The van der Waals surface area contributed by atoms with Crippen LogP contribution in [0.2, 0.25) is 0 Å². The predicted molar refractivity (Wildman–Crippen MR) is 110 cm³/mol. The van der Waals surface area contributed by atoms with Crippen LogP contribution in [-0.4, -0.2) is 24.9 Å². The van der Waals surface area contributed by atoms with Gasteiger partial charge in [-0.1, -0.05) is 0 Å². The van der Waals surface area contributed by atoms with Gasteiger partial charge in [-0.3, -0.25) is 9.59 Å². The van der Waals surface area contributed by atoms with Crippen molar-refractivity contribution in [1.29, 1.82) is 0 Å². The zero-order valence-electron chi connectivity index (χ0n) is 15.3. The lowest BCUT2D eigenvalue weighted by atomic mass is 10.1. The molecule has 2 N–H and O–H groups in total. The Morgan fingerprint density at radius 3 is 2.79 bits per heavy atom. The lowest BCUT2D eigenvalue weighted by Gasteiger charge is -2.29. The van der Waals surface area contributed by atoms with Gasteiger partial charge in [0.1, 0.15) is 0 Å². The Kier molecular flexibility index (Phi) is 5.43. The Morgan fingerprint density at radius 2 is 2.00 bits per heavy atom. The van der Waals surface area contributed by atoms with Gasteiger partial charge in [-0.2, -0.15) is 0 Å². The molecule has 1 aliphatic rings. The Hall–Kier alpha value is -3.06. The molecule has 0 saturated carbocycles. The molecular weight excluding hydrogens is 374 g/mol. The van der Waals surface area contributed by atoms with E-state index in [1.807, 2.05) is 35.6 Å². The fraction of sp³-hybridized carbons (Fsp3) is 0.238. The minimum atomic E-state index is -0.322. The van der Waals surface area contributed by atoms with Crippen LogP contribution in [0.1, 0.15) is 27.4 Å². The molecule has 1 aliphatic heterocycles. The number of hydrogen-bond donors (Lipinski definition) is 2. The number of rotatable bonds is 6. The maximum Gasteiger partial charge on any atom is 0.286 e. The SMILES string of the molecule is O=C(CCNC(=O)c1ccco1)Nc1ccc(N2CCc3sccc3C2)cc1. The van der Waals surface area contributed by atoms with E-state index in [0.717, 1.165) is 30.9 Å². The van der Waals surface area contributed by atoms with E-state index in [4.69, 9.17) is 4.42 Å². The van der Waals surface area contributed by atoms with Gasteiger partial charge in [-0.25, -0.2) is 0 Å². The Morgan fingerprint density at radius 1 is 1.14 bits per heavy atom. The first-order valence-electron chi connectivity index (χ1n) is 9.21. The second-order valence-corrected chi connectivity index (χ2v) is 7.62.